The molecular formula is C12H17N5. The molecule has 0 saturated carbocycles. The van der Waals surface area contributed by atoms with Gasteiger partial charge in [-0.05, 0) is 30.0 Å². The lowest BCUT2D eigenvalue weighted by molar-refractivity contribution is 0.486. The second-order valence-electron chi connectivity index (χ2n) is 4.67. The maximum atomic E-state index is 5.62. The second kappa shape index (κ2) is 4.63. The van der Waals surface area contributed by atoms with Gasteiger partial charge in [-0.15, -0.1) is 0 Å². The largest absolute Gasteiger partial charge is 0.330 e. The van der Waals surface area contributed by atoms with E-state index in [0.717, 1.165) is 12.2 Å². The van der Waals surface area contributed by atoms with Crippen LogP contribution in [0.5, 0.6) is 0 Å². The molecule has 0 aromatic carbocycles. The molecule has 17 heavy (non-hydrogen) atoms. The third kappa shape index (κ3) is 2.50. The number of pyridine rings is 1. The first-order valence-corrected chi connectivity index (χ1v) is 5.65. The Bertz CT molecular complexity index is 458. The molecule has 0 aliphatic carbocycles. The summed E-state index contributed by atoms with van der Waals surface area (Å²) in [5, 5.41) is 4.04. The van der Waals surface area contributed by atoms with Gasteiger partial charge < -0.3 is 5.73 Å². The van der Waals surface area contributed by atoms with Gasteiger partial charge in [0.15, 0.2) is 5.82 Å². The van der Waals surface area contributed by atoms with E-state index >= 15 is 0 Å². The van der Waals surface area contributed by atoms with Crippen LogP contribution < -0.4 is 5.73 Å². The van der Waals surface area contributed by atoms with E-state index in [1.807, 2.05) is 12.3 Å². The molecule has 2 aromatic rings. The Morgan fingerprint density at radius 1 is 1.35 bits per heavy atom. The predicted octanol–water partition coefficient (Wildman–Crippen LogP) is 1.29. The van der Waals surface area contributed by atoms with Crippen LogP contribution in [0.2, 0.25) is 0 Å². The van der Waals surface area contributed by atoms with Crippen molar-refractivity contribution in [3.63, 3.8) is 0 Å². The van der Waals surface area contributed by atoms with E-state index in [1.165, 1.54) is 11.9 Å². The SMILES string of the molecule is CC(C)(CCN)c1ccc(-n2cncn2)nc1. The van der Waals surface area contributed by atoms with Crippen LogP contribution >= 0.6 is 0 Å². The number of nitrogens with zero attached hydrogens (tertiary/aromatic N) is 4. The summed E-state index contributed by atoms with van der Waals surface area (Å²) in [5.74, 6) is 0.773. The Morgan fingerprint density at radius 3 is 2.71 bits per heavy atom. The van der Waals surface area contributed by atoms with E-state index in [0.29, 0.717) is 6.54 Å². The third-order valence-electron chi connectivity index (χ3n) is 2.95. The highest BCUT2D eigenvalue weighted by Gasteiger charge is 2.19. The topological polar surface area (TPSA) is 69.6 Å². The molecule has 0 atom stereocenters. The van der Waals surface area contributed by atoms with E-state index in [2.05, 4.69) is 35.0 Å². The van der Waals surface area contributed by atoms with Crippen LogP contribution in [0.1, 0.15) is 25.8 Å². The minimum absolute atomic E-state index is 0.0582. The van der Waals surface area contributed by atoms with Gasteiger partial charge >= 0.3 is 0 Å². The fraction of sp³-hybridized carbons (Fsp3) is 0.417. The van der Waals surface area contributed by atoms with Crippen LogP contribution in [0, 0.1) is 0 Å². The van der Waals surface area contributed by atoms with Crippen LogP contribution in [0.3, 0.4) is 0 Å². The van der Waals surface area contributed by atoms with E-state index in [-0.39, 0.29) is 5.41 Å². The fourth-order valence-corrected chi connectivity index (χ4v) is 1.75. The van der Waals surface area contributed by atoms with E-state index < -0.39 is 0 Å². The van der Waals surface area contributed by atoms with Gasteiger partial charge in [0.1, 0.15) is 12.7 Å². The van der Waals surface area contributed by atoms with Crippen LogP contribution in [0.4, 0.5) is 0 Å². The maximum absolute atomic E-state index is 5.62. The van der Waals surface area contributed by atoms with E-state index in [4.69, 9.17) is 5.73 Å². The molecule has 0 fully saturated rings. The van der Waals surface area contributed by atoms with Crippen molar-refractivity contribution in [2.24, 2.45) is 5.73 Å². The number of hydrogen-bond acceptors (Lipinski definition) is 4. The zero-order valence-electron chi connectivity index (χ0n) is 10.2. The molecule has 0 unspecified atom stereocenters. The van der Waals surface area contributed by atoms with Gasteiger partial charge in [0, 0.05) is 6.20 Å². The zero-order chi connectivity index (χ0) is 12.3. The van der Waals surface area contributed by atoms with Crippen molar-refractivity contribution in [3.05, 3.63) is 36.5 Å². The van der Waals surface area contributed by atoms with Gasteiger partial charge in [0.2, 0.25) is 0 Å². The average molecular weight is 231 g/mol. The summed E-state index contributed by atoms with van der Waals surface area (Å²) in [6.07, 6.45) is 5.95. The second-order valence-corrected chi connectivity index (χ2v) is 4.67. The molecule has 0 spiro atoms. The van der Waals surface area contributed by atoms with E-state index in [9.17, 15) is 0 Å². The standard InChI is InChI=1S/C12H17N5/c1-12(2,5-6-13)10-3-4-11(15-7-10)17-9-14-8-16-17/h3-4,7-9H,5-6,13H2,1-2H3. The highest BCUT2D eigenvalue weighted by molar-refractivity contribution is 5.28. The van der Waals surface area contributed by atoms with Crippen LogP contribution in [0.25, 0.3) is 5.82 Å². The number of rotatable bonds is 4. The molecule has 2 heterocycles. The van der Waals surface area contributed by atoms with Gasteiger partial charge in [-0.1, -0.05) is 19.9 Å². The molecule has 0 amide bonds. The molecule has 0 aliphatic rings. The van der Waals surface area contributed by atoms with Crippen molar-refractivity contribution in [3.8, 4) is 5.82 Å². The highest BCUT2D eigenvalue weighted by Crippen LogP contribution is 2.25. The van der Waals surface area contributed by atoms with Crippen molar-refractivity contribution in [2.45, 2.75) is 25.7 Å². The Hall–Kier alpha value is -1.75. The molecule has 2 N–H and O–H groups in total. The predicted molar refractivity (Wildman–Crippen MR) is 65.9 cm³/mol. The average Bonchev–Trinajstić information content (AvgIpc) is 2.82. The minimum atomic E-state index is 0.0582. The summed E-state index contributed by atoms with van der Waals surface area (Å²) in [6.45, 7) is 5.02. The minimum Gasteiger partial charge on any atom is -0.330 e. The lowest BCUT2D eigenvalue weighted by Gasteiger charge is -2.24. The summed E-state index contributed by atoms with van der Waals surface area (Å²) < 4.78 is 1.64. The van der Waals surface area contributed by atoms with Crippen molar-refractivity contribution in [2.75, 3.05) is 6.54 Å². The number of hydrogen-bond donors (Lipinski definition) is 1. The lowest BCUT2D eigenvalue weighted by Crippen LogP contribution is -2.22. The Balaban J connectivity index is 2.24. The van der Waals surface area contributed by atoms with Gasteiger partial charge in [-0.25, -0.2) is 14.6 Å². The first-order chi connectivity index (χ1) is 8.13. The van der Waals surface area contributed by atoms with Crippen molar-refractivity contribution < 1.29 is 0 Å². The monoisotopic (exact) mass is 231 g/mol. The Labute approximate surface area is 101 Å². The molecular weight excluding hydrogens is 214 g/mol. The summed E-state index contributed by atoms with van der Waals surface area (Å²) in [4.78, 5) is 8.28. The molecule has 2 aromatic heterocycles. The zero-order valence-corrected chi connectivity index (χ0v) is 10.2. The highest BCUT2D eigenvalue weighted by atomic mass is 15.3. The normalized spacial score (nSPS) is 11.7. The molecule has 0 saturated heterocycles. The van der Waals surface area contributed by atoms with Crippen LogP contribution in [-0.4, -0.2) is 26.3 Å². The van der Waals surface area contributed by atoms with Crippen LogP contribution in [0.15, 0.2) is 31.0 Å². The van der Waals surface area contributed by atoms with Crippen LogP contribution in [-0.2, 0) is 5.41 Å². The first kappa shape index (κ1) is 11.7. The summed E-state index contributed by atoms with van der Waals surface area (Å²) >= 11 is 0. The molecule has 0 radical (unpaired) electrons. The Kier molecular flexibility index (Phi) is 3.19. The summed E-state index contributed by atoms with van der Waals surface area (Å²) in [6, 6.07) is 4.02. The number of aromatic nitrogens is 4. The van der Waals surface area contributed by atoms with Gasteiger partial charge in [-0.3, -0.25) is 0 Å². The van der Waals surface area contributed by atoms with Gasteiger partial charge in [-0.2, -0.15) is 5.10 Å². The molecule has 0 aliphatic heterocycles. The summed E-state index contributed by atoms with van der Waals surface area (Å²) in [7, 11) is 0. The van der Waals surface area contributed by atoms with Gasteiger partial charge in [0.05, 0.1) is 0 Å². The van der Waals surface area contributed by atoms with E-state index in [1.54, 1.807) is 11.0 Å². The van der Waals surface area contributed by atoms with Crippen molar-refractivity contribution >= 4 is 0 Å². The molecule has 5 heteroatoms. The molecule has 0 bridgehead atoms. The maximum Gasteiger partial charge on any atom is 0.155 e. The molecule has 2 rings (SSSR count). The fourth-order valence-electron chi connectivity index (χ4n) is 1.75. The quantitative estimate of drug-likeness (QED) is 0.860. The number of nitrogens with two attached hydrogens (primary N) is 1. The van der Waals surface area contributed by atoms with Gasteiger partial charge in [0.25, 0.3) is 0 Å². The molecule has 90 valence electrons. The smallest absolute Gasteiger partial charge is 0.155 e. The molecule has 5 nitrogen and oxygen atoms in total. The lowest BCUT2D eigenvalue weighted by atomic mass is 9.82. The van der Waals surface area contributed by atoms with Crippen molar-refractivity contribution in [1.82, 2.24) is 19.7 Å². The van der Waals surface area contributed by atoms with Crippen molar-refractivity contribution in [1.29, 1.82) is 0 Å². The Morgan fingerprint density at radius 2 is 2.18 bits per heavy atom. The first-order valence-electron chi connectivity index (χ1n) is 5.65. The summed E-state index contributed by atoms with van der Waals surface area (Å²) in [5.41, 5.74) is 6.86. The third-order valence-corrected chi connectivity index (χ3v) is 2.95.